The van der Waals surface area contributed by atoms with Crippen molar-refractivity contribution in [2.45, 2.75) is 30.7 Å². The number of hydrogen-bond donors (Lipinski definition) is 2. The van der Waals surface area contributed by atoms with Crippen molar-refractivity contribution in [3.63, 3.8) is 0 Å². The van der Waals surface area contributed by atoms with E-state index in [1.54, 1.807) is 12.1 Å². The normalized spacial score (nSPS) is 13.1. The Labute approximate surface area is 118 Å². The molecule has 1 atom stereocenters. The van der Waals surface area contributed by atoms with Crippen molar-refractivity contribution in [3.8, 4) is 0 Å². The van der Waals surface area contributed by atoms with Gasteiger partial charge in [-0.05, 0) is 24.1 Å². The van der Waals surface area contributed by atoms with Gasteiger partial charge in [-0.3, -0.25) is 4.79 Å². The summed E-state index contributed by atoms with van der Waals surface area (Å²) in [6, 6.07) is 5.09. The molecule has 112 valence electrons. The zero-order valence-corrected chi connectivity index (χ0v) is 12.3. The first-order valence-corrected chi connectivity index (χ1v) is 7.72. The number of benzene rings is 1. The molecule has 0 aliphatic rings. The summed E-state index contributed by atoms with van der Waals surface area (Å²) in [6.45, 7) is 1.80. The number of aryl methyl sites for hydroxylation is 1. The number of nitrogens with one attached hydrogen (secondary N) is 1. The highest BCUT2D eigenvalue weighted by atomic mass is 32.2. The number of rotatable bonds is 8. The number of methoxy groups -OCH3 is 1. The van der Waals surface area contributed by atoms with Crippen LogP contribution in [-0.4, -0.2) is 39.3 Å². The molecule has 0 saturated heterocycles. The molecule has 7 heteroatoms. The van der Waals surface area contributed by atoms with Gasteiger partial charge in [0, 0.05) is 7.11 Å². The number of hydrogen-bond acceptors (Lipinski definition) is 4. The Morgan fingerprint density at radius 2 is 1.95 bits per heavy atom. The molecule has 0 radical (unpaired) electrons. The van der Waals surface area contributed by atoms with Crippen LogP contribution in [0.1, 0.15) is 18.9 Å². The lowest BCUT2D eigenvalue weighted by atomic mass is 10.1. The van der Waals surface area contributed by atoms with Crippen molar-refractivity contribution in [3.05, 3.63) is 29.8 Å². The minimum atomic E-state index is -3.87. The third-order valence-corrected chi connectivity index (χ3v) is 4.19. The zero-order valence-electron chi connectivity index (χ0n) is 11.5. The predicted octanol–water partition coefficient (Wildman–Crippen LogP) is 1.02. The van der Waals surface area contributed by atoms with Gasteiger partial charge in [0.2, 0.25) is 10.0 Å². The van der Waals surface area contributed by atoms with Crippen LogP contribution in [0.2, 0.25) is 0 Å². The molecular formula is C13H19NO5S. The number of carbonyl (C=O) groups is 1. The number of ether oxygens (including phenoxy) is 1. The van der Waals surface area contributed by atoms with E-state index < -0.39 is 22.0 Å². The van der Waals surface area contributed by atoms with Crippen molar-refractivity contribution in [1.29, 1.82) is 0 Å². The Morgan fingerprint density at radius 1 is 1.35 bits per heavy atom. The molecule has 6 nitrogen and oxygen atoms in total. The molecule has 0 bridgehead atoms. The van der Waals surface area contributed by atoms with Crippen LogP contribution >= 0.6 is 0 Å². The fourth-order valence-electron chi connectivity index (χ4n) is 1.70. The summed E-state index contributed by atoms with van der Waals surface area (Å²) >= 11 is 0. The van der Waals surface area contributed by atoms with Gasteiger partial charge >= 0.3 is 5.97 Å². The lowest BCUT2D eigenvalue weighted by molar-refractivity contribution is -0.140. The molecule has 0 aliphatic heterocycles. The molecule has 0 amide bonds. The third-order valence-electron chi connectivity index (χ3n) is 2.70. The smallest absolute Gasteiger partial charge is 0.324 e. The van der Waals surface area contributed by atoms with Gasteiger partial charge in [-0.2, -0.15) is 4.72 Å². The highest BCUT2D eigenvalue weighted by Crippen LogP contribution is 2.12. The van der Waals surface area contributed by atoms with Gasteiger partial charge in [-0.15, -0.1) is 0 Å². The topological polar surface area (TPSA) is 92.7 Å². The maximum absolute atomic E-state index is 12.1. The maximum atomic E-state index is 12.1. The van der Waals surface area contributed by atoms with Gasteiger partial charge in [-0.1, -0.05) is 25.5 Å². The average molecular weight is 301 g/mol. The monoisotopic (exact) mass is 301 g/mol. The summed E-state index contributed by atoms with van der Waals surface area (Å²) in [5, 5.41) is 8.92. The highest BCUT2D eigenvalue weighted by Gasteiger charge is 2.25. The van der Waals surface area contributed by atoms with E-state index >= 15 is 0 Å². The zero-order chi connectivity index (χ0) is 15.2. The van der Waals surface area contributed by atoms with Crippen LogP contribution in [0.25, 0.3) is 0 Å². The number of carboxylic acids is 1. The van der Waals surface area contributed by atoms with E-state index in [1.165, 1.54) is 19.2 Å². The third kappa shape index (κ3) is 4.59. The lowest BCUT2D eigenvalue weighted by Gasteiger charge is -2.14. The summed E-state index contributed by atoms with van der Waals surface area (Å²) in [5.41, 5.74) is 1.04. The largest absolute Gasteiger partial charge is 0.480 e. The number of sulfonamides is 1. The van der Waals surface area contributed by atoms with Crippen LogP contribution in [0.5, 0.6) is 0 Å². The van der Waals surface area contributed by atoms with Gasteiger partial charge in [0.15, 0.2) is 0 Å². The first-order valence-electron chi connectivity index (χ1n) is 6.23. The fraction of sp³-hybridized carbons (Fsp3) is 0.462. The minimum absolute atomic E-state index is 0.0414. The molecule has 0 spiro atoms. The van der Waals surface area contributed by atoms with Gasteiger partial charge < -0.3 is 9.84 Å². The summed E-state index contributed by atoms with van der Waals surface area (Å²) in [5.74, 6) is -1.28. The van der Waals surface area contributed by atoms with Crippen molar-refractivity contribution >= 4 is 16.0 Å². The van der Waals surface area contributed by atoms with E-state index in [2.05, 4.69) is 4.72 Å². The molecule has 0 fully saturated rings. The van der Waals surface area contributed by atoms with E-state index in [-0.39, 0.29) is 11.5 Å². The molecule has 2 N–H and O–H groups in total. The van der Waals surface area contributed by atoms with Crippen LogP contribution in [0.3, 0.4) is 0 Å². The summed E-state index contributed by atoms with van der Waals surface area (Å²) in [6.07, 6.45) is 1.84. The second-order valence-corrected chi connectivity index (χ2v) is 6.08. The molecule has 0 heterocycles. The Bertz CT molecular complexity index is 538. The minimum Gasteiger partial charge on any atom is -0.480 e. The molecule has 1 rings (SSSR count). The molecule has 1 unspecified atom stereocenters. The van der Waals surface area contributed by atoms with Gasteiger partial charge in [0.05, 0.1) is 11.5 Å². The fourth-order valence-corrected chi connectivity index (χ4v) is 2.88. The SMILES string of the molecule is CCCc1ccc(S(=O)(=O)NC(COC)C(=O)O)cc1. The lowest BCUT2D eigenvalue weighted by Crippen LogP contribution is -2.43. The van der Waals surface area contributed by atoms with Crippen LogP contribution in [0.4, 0.5) is 0 Å². The number of carboxylic acid groups (broad SMARTS) is 1. The van der Waals surface area contributed by atoms with Crippen LogP contribution in [-0.2, 0) is 26.0 Å². The second kappa shape index (κ2) is 7.37. The van der Waals surface area contributed by atoms with Crippen molar-refractivity contribution in [1.82, 2.24) is 4.72 Å². The quantitative estimate of drug-likeness (QED) is 0.747. The molecule has 0 aliphatic carbocycles. The van der Waals surface area contributed by atoms with Gasteiger partial charge in [0.1, 0.15) is 6.04 Å². The van der Waals surface area contributed by atoms with Crippen LogP contribution in [0, 0.1) is 0 Å². The predicted molar refractivity (Wildman–Crippen MR) is 74.1 cm³/mol. The van der Waals surface area contributed by atoms with Crippen molar-refractivity contribution < 1.29 is 23.1 Å². The first kappa shape index (κ1) is 16.6. The molecule has 0 aromatic heterocycles. The highest BCUT2D eigenvalue weighted by molar-refractivity contribution is 7.89. The standard InChI is InChI=1S/C13H19NO5S/c1-3-4-10-5-7-11(8-6-10)20(17,18)14-12(9-19-2)13(15)16/h5-8,12,14H,3-4,9H2,1-2H3,(H,15,16). The first-order chi connectivity index (χ1) is 9.40. The molecule has 0 saturated carbocycles. The molecule has 20 heavy (non-hydrogen) atoms. The Morgan fingerprint density at radius 3 is 2.40 bits per heavy atom. The van der Waals surface area contributed by atoms with E-state index in [9.17, 15) is 13.2 Å². The van der Waals surface area contributed by atoms with Crippen molar-refractivity contribution in [2.75, 3.05) is 13.7 Å². The maximum Gasteiger partial charge on any atom is 0.324 e. The van der Waals surface area contributed by atoms with E-state index in [0.717, 1.165) is 18.4 Å². The molecular weight excluding hydrogens is 282 g/mol. The Balaban J connectivity index is 2.89. The molecule has 1 aromatic rings. The van der Waals surface area contributed by atoms with E-state index in [1.807, 2.05) is 6.92 Å². The summed E-state index contributed by atoms with van der Waals surface area (Å²) < 4.78 is 30.9. The van der Waals surface area contributed by atoms with E-state index in [4.69, 9.17) is 9.84 Å². The Kier molecular flexibility index (Phi) is 6.12. The van der Waals surface area contributed by atoms with Crippen LogP contribution in [0.15, 0.2) is 29.2 Å². The summed E-state index contributed by atoms with van der Waals surface area (Å²) in [7, 11) is -2.56. The van der Waals surface area contributed by atoms with Gasteiger partial charge in [-0.25, -0.2) is 8.42 Å². The van der Waals surface area contributed by atoms with Crippen molar-refractivity contribution in [2.24, 2.45) is 0 Å². The van der Waals surface area contributed by atoms with Crippen LogP contribution < -0.4 is 4.72 Å². The second-order valence-electron chi connectivity index (χ2n) is 4.36. The average Bonchev–Trinajstić information content (AvgIpc) is 2.39. The Hall–Kier alpha value is -1.44. The molecule has 1 aromatic carbocycles. The number of aliphatic carboxylic acids is 1. The van der Waals surface area contributed by atoms with Gasteiger partial charge in [0.25, 0.3) is 0 Å². The summed E-state index contributed by atoms with van der Waals surface area (Å²) in [4.78, 5) is 11.0. The van der Waals surface area contributed by atoms with E-state index in [0.29, 0.717) is 0 Å².